The second kappa shape index (κ2) is 6.88. The monoisotopic (exact) mass is 200 g/mol. The van der Waals surface area contributed by atoms with E-state index in [0.717, 1.165) is 0 Å². The third-order valence-corrected chi connectivity index (χ3v) is 2.81. The van der Waals surface area contributed by atoms with Crippen LogP contribution in [0.3, 0.4) is 0 Å². The molecule has 0 aliphatic carbocycles. The zero-order valence-electron chi connectivity index (χ0n) is 6.20. The SMILES string of the molecule is O=[SH](=O)C(CCO)CCCCl. The van der Waals surface area contributed by atoms with Gasteiger partial charge in [0, 0.05) is 12.5 Å². The molecule has 68 valence electrons. The minimum atomic E-state index is -2.40. The Balaban J connectivity index is 3.70. The predicted molar refractivity (Wildman–Crippen MR) is 45.8 cm³/mol. The van der Waals surface area contributed by atoms with Gasteiger partial charge in [-0.2, -0.15) is 0 Å². The number of thiol groups is 1. The summed E-state index contributed by atoms with van der Waals surface area (Å²) in [6.45, 7) is -0.0731. The van der Waals surface area contributed by atoms with Gasteiger partial charge in [0.15, 0.2) is 0 Å². The largest absolute Gasteiger partial charge is 0.396 e. The first-order valence-electron chi connectivity index (χ1n) is 3.52. The highest BCUT2D eigenvalue weighted by Gasteiger charge is 2.09. The van der Waals surface area contributed by atoms with E-state index in [2.05, 4.69) is 0 Å². The van der Waals surface area contributed by atoms with Gasteiger partial charge in [-0.25, -0.2) is 8.42 Å². The van der Waals surface area contributed by atoms with Crippen molar-refractivity contribution >= 4 is 22.3 Å². The summed E-state index contributed by atoms with van der Waals surface area (Å²) in [5.41, 5.74) is 0. The maximum absolute atomic E-state index is 10.5. The Kier molecular flexibility index (Phi) is 7.01. The van der Waals surface area contributed by atoms with Gasteiger partial charge in [-0.3, -0.25) is 0 Å². The van der Waals surface area contributed by atoms with E-state index in [1.54, 1.807) is 0 Å². The minimum absolute atomic E-state index is 0.0731. The highest BCUT2D eigenvalue weighted by molar-refractivity contribution is 7.73. The number of hydrogen-bond donors (Lipinski definition) is 2. The molecule has 0 radical (unpaired) electrons. The van der Waals surface area contributed by atoms with E-state index >= 15 is 0 Å². The maximum Gasteiger partial charge on any atom is 0.143 e. The van der Waals surface area contributed by atoms with Crippen molar-refractivity contribution in [2.45, 2.75) is 24.5 Å². The lowest BCUT2D eigenvalue weighted by Crippen LogP contribution is -2.11. The molecule has 0 heterocycles. The minimum Gasteiger partial charge on any atom is -0.396 e. The highest BCUT2D eigenvalue weighted by Crippen LogP contribution is 2.06. The van der Waals surface area contributed by atoms with Crippen molar-refractivity contribution in [3.8, 4) is 0 Å². The van der Waals surface area contributed by atoms with Gasteiger partial charge in [0.1, 0.15) is 10.7 Å². The molecule has 0 aromatic carbocycles. The number of alkyl halides is 1. The van der Waals surface area contributed by atoms with Crippen LogP contribution in [-0.2, 0) is 10.7 Å². The van der Waals surface area contributed by atoms with Crippen molar-refractivity contribution in [1.29, 1.82) is 0 Å². The summed E-state index contributed by atoms with van der Waals surface area (Å²) in [6.07, 6.45) is 1.58. The fourth-order valence-corrected chi connectivity index (χ4v) is 1.69. The molecule has 0 saturated carbocycles. The maximum atomic E-state index is 10.5. The average Bonchev–Trinajstić information content (AvgIpc) is 1.97. The highest BCUT2D eigenvalue weighted by atomic mass is 35.5. The standard InChI is InChI=1S/C6H13ClO3S/c7-4-1-2-6(3-5-8)11(9)10/h6,8,11H,1-5H2. The molecule has 1 N–H and O–H groups in total. The number of hydrogen-bond acceptors (Lipinski definition) is 3. The van der Waals surface area contributed by atoms with E-state index in [0.29, 0.717) is 25.1 Å². The molecule has 0 bridgehead atoms. The molecular formula is C6H13ClO3S. The van der Waals surface area contributed by atoms with Gasteiger partial charge in [0.25, 0.3) is 0 Å². The van der Waals surface area contributed by atoms with Crippen LogP contribution in [0.5, 0.6) is 0 Å². The molecule has 0 aliphatic rings. The molecule has 0 amide bonds. The number of aliphatic hydroxyl groups is 1. The second-order valence-electron chi connectivity index (χ2n) is 2.28. The van der Waals surface area contributed by atoms with Gasteiger partial charge in [0.2, 0.25) is 0 Å². The summed E-state index contributed by atoms with van der Waals surface area (Å²) >= 11 is 5.39. The number of aliphatic hydroxyl groups excluding tert-OH is 1. The van der Waals surface area contributed by atoms with Crippen molar-refractivity contribution in [1.82, 2.24) is 0 Å². The summed E-state index contributed by atoms with van der Waals surface area (Å²) in [4.78, 5) is 0. The van der Waals surface area contributed by atoms with Crippen LogP contribution in [0.15, 0.2) is 0 Å². The van der Waals surface area contributed by atoms with Crippen LogP contribution in [0, 0.1) is 0 Å². The lowest BCUT2D eigenvalue weighted by atomic mass is 10.2. The molecule has 0 rings (SSSR count). The summed E-state index contributed by atoms with van der Waals surface area (Å²) < 4.78 is 21.0. The van der Waals surface area contributed by atoms with Gasteiger partial charge in [0.05, 0.1) is 5.25 Å². The van der Waals surface area contributed by atoms with Crippen LogP contribution < -0.4 is 0 Å². The van der Waals surface area contributed by atoms with Gasteiger partial charge in [-0.15, -0.1) is 11.6 Å². The fourth-order valence-electron chi connectivity index (χ4n) is 0.817. The van der Waals surface area contributed by atoms with Crippen molar-refractivity contribution in [2.75, 3.05) is 12.5 Å². The Bertz CT molecular complexity index is 150. The molecule has 3 nitrogen and oxygen atoms in total. The molecule has 1 atom stereocenters. The molecule has 0 aromatic heterocycles. The summed E-state index contributed by atoms with van der Waals surface area (Å²) in [6, 6.07) is 0. The smallest absolute Gasteiger partial charge is 0.143 e. The Morgan fingerprint density at radius 1 is 1.36 bits per heavy atom. The van der Waals surface area contributed by atoms with Gasteiger partial charge in [-0.1, -0.05) is 0 Å². The Labute approximate surface area is 73.3 Å². The van der Waals surface area contributed by atoms with Gasteiger partial charge < -0.3 is 5.11 Å². The summed E-state index contributed by atoms with van der Waals surface area (Å²) in [5.74, 6) is 0.477. The molecule has 11 heavy (non-hydrogen) atoms. The van der Waals surface area contributed by atoms with E-state index in [-0.39, 0.29) is 6.61 Å². The van der Waals surface area contributed by atoms with Crippen LogP contribution in [0.4, 0.5) is 0 Å². The zero-order valence-corrected chi connectivity index (χ0v) is 7.85. The Morgan fingerprint density at radius 3 is 2.36 bits per heavy atom. The van der Waals surface area contributed by atoms with Gasteiger partial charge >= 0.3 is 0 Å². The average molecular weight is 201 g/mol. The molecule has 0 aromatic rings. The molecular weight excluding hydrogens is 188 g/mol. The first kappa shape index (κ1) is 11.2. The van der Waals surface area contributed by atoms with Crippen LogP contribution >= 0.6 is 11.6 Å². The van der Waals surface area contributed by atoms with E-state index in [1.165, 1.54) is 0 Å². The van der Waals surface area contributed by atoms with Crippen LogP contribution in [0.25, 0.3) is 0 Å². The third-order valence-electron chi connectivity index (χ3n) is 1.43. The second-order valence-corrected chi connectivity index (χ2v) is 3.96. The topological polar surface area (TPSA) is 54.4 Å². The van der Waals surface area contributed by atoms with Crippen molar-refractivity contribution in [3.05, 3.63) is 0 Å². The van der Waals surface area contributed by atoms with E-state index in [1.807, 2.05) is 0 Å². The fraction of sp³-hybridized carbons (Fsp3) is 1.00. The first-order chi connectivity index (χ1) is 5.22. The van der Waals surface area contributed by atoms with E-state index < -0.39 is 16.0 Å². The molecule has 0 saturated heterocycles. The molecule has 1 unspecified atom stereocenters. The lowest BCUT2D eigenvalue weighted by Gasteiger charge is -2.05. The quantitative estimate of drug-likeness (QED) is 0.481. The molecule has 0 spiro atoms. The summed E-state index contributed by atoms with van der Waals surface area (Å²) in [5, 5.41) is 8.09. The van der Waals surface area contributed by atoms with Crippen molar-refractivity contribution in [3.63, 3.8) is 0 Å². The van der Waals surface area contributed by atoms with E-state index in [4.69, 9.17) is 16.7 Å². The Morgan fingerprint density at radius 2 is 2.00 bits per heavy atom. The van der Waals surface area contributed by atoms with Crippen molar-refractivity contribution in [2.24, 2.45) is 0 Å². The van der Waals surface area contributed by atoms with Gasteiger partial charge in [-0.05, 0) is 19.3 Å². The number of rotatable bonds is 6. The van der Waals surface area contributed by atoms with Crippen LogP contribution in [0.1, 0.15) is 19.3 Å². The van der Waals surface area contributed by atoms with Crippen molar-refractivity contribution < 1.29 is 13.5 Å². The third kappa shape index (κ3) is 5.47. The first-order valence-corrected chi connectivity index (χ1v) is 5.30. The van der Waals surface area contributed by atoms with Crippen LogP contribution in [0.2, 0.25) is 0 Å². The van der Waals surface area contributed by atoms with E-state index in [9.17, 15) is 8.42 Å². The summed E-state index contributed by atoms with van der Waals surface area (Å²) in [7, 11) is -2.40. The molecule has 0 fully saturated rings. The molecule has 0 aliphatic heterocycles. The zero-order chi connectivity index (χ0) is 8.69. The number of halogens is 1. The normalized spacial score (nSPS) is 13.7. The lowest BCUT2D eigenvalue weighted by molar-refractivity contribution is 0.284. The predicted octanol–water partition coefficient (Wildman–Crippen LogP) is 0.368. The van der Waals surface area contributed by atoms with Crippen LogP contribution in [-0.4, -0.2) is 31.3 Å². The molecule has 5 heteroatoms. The Hall–Kier alpha value is 0.200.